The lowest BCUT2D eigenvalue weighted by Gasteiger charge is -2.15. The highest BCUT2D eigenvalue weighted by atomic mass is 19.4. The van der Waals surface area contributed by atoms with E-state index in [1.165, 1.54) is 30.5 Å². The number of esters is 1. The van der Waals surface area contributed by atoms with Crippen molar-refractivity contribution >= 4 is 28.6 Å². The van der Waals surface area contributed by atoms with Gasteiger partial charge in [0.15, 0.2) is 6.61 Å². The van der Waals surface area contributed by atoms with Gasteiger partial charge in [-0.2, -0.15) is 18.4 Å². The number of halogens is 3. The maximum absolute atomic E-state index is 13.8. The van der Waals surface area contributed by atoms with E-state index in [0.717, 1.165) is 6.20 Å². The number of aromatic nitrogens is 2. The third-order valence-electron chi connectivity index (χ3n) is 5.71. The third-order valence-corrected chi connectivity index (χ3v) is 5.71. The standard InChI is InChI=1S/C25H19F3N4O4/c1-14-15(2)32(12-16-6-5-9-35-16)23(18(14)10-29)31-21(33)13-36-24(34)19-11-30-20-8-4-3-7-17(20)22(19)25(26,27)28/h3-9,11H,12-13H2,1-2H3,(H,31,33). The predicted octanol–water partition coefficient (Wildman–Crippen LogP) is 4.98. The summed E-state index contributed by atoms with van der Waals surface area (Å²) in [6, 6.07) is 11.0. The highest BCUT2D eigenvalue weighted by molar-refractivity contribution is 5.99. The van der Waals surface area contributed by atoms with E-state index >= 15 is 0 Å². The molecule has 11 heteroatoms. The van der Waals surface area contributed by atoms with Crippen LogP contribution in [0.25, 0.3) is 10.9 Å². The van der Waals surface area contributed by atoms with Gasteiger partial charge in [-0.3, -0.25) is 9.78 Å². The molecule has 36 heavy (non-hydrogen) atoms. The topological polar surface area (TPSA) is 110 Å². The summed E-state index contributed by atoms with van der Waals surface area (Å²) in [5, 5.41) is 11.9. The van der Waals surface area contributed by atoms with Crippen molar-refractivity contribution in [3.05, 3.63) is 82.6 Å². The van der Waals surface area contributed by atoms with Gasteiger partial charge in [0.1, 0.15) is 17.6 Å². The zero-order valence-corrected chi connectivity index (χ0v) is 19.1. The first-order chi connectivity index (χ1) is 17.1. The van der Waals surface area contributed by atoms with E-state index in [4.69, 9.17) is 9.15 Å². The number of furan rings is 1. The second-order valence-corrected chi connectivity index (χ2v) is 7.90. The molecule has 184 valence electrons. The summed E-state index contributed by atoms with van der Waals surface area (Å²) in [6.45, 7) is 2.82. The largest absolute Gasteiger partial charge is 0.467 e. The van der Waals surface area contributed by atoms with Crippen LogP contribution in [0.15, 0.2) is 53.3 Å². The molecule has 3 heterocycles. The molecule has 1 N–H and O–H groups in total. The number of ether oxygens (including phenoxy) is 1. The van der Waals surface area contributed by atoms with Gasteiger partial charge in [-0.25, -0.2) is 4.79 Å². The smallest absolute Gasteiger partial charge is 0.417 e. The molecule has 0 saturated carbocycles. The zero-order chi connectivity index (χ0) is 26.0. The first-order valence-corrected chi connectivity index (χ1v) is 10.7. The van der Waals surface area contributed by atoms with Crippen molar-refractivity contribution in [1.29, 1.82) is 5.26 Å². The molecule has 0 fully saturated rings. The number of anilines is 1. The summed E-state index contributed by atoms with van der Waals surface area (Å²) >= 11 is 0. The van der Waals surface area contributed by atoms with E-state index in [0.29, 0.717) is 17.0 Å². The second-order valence-electron chi connectivity index (χ2n) is 7.90. The summed E-state index contributed by atoms with van der Waals surface area (Å²) < 4.78 is 53.3. The SMILES string of the molecule is Cc1c(C#N)c(NC(=O)COC(=O)c2cnc3ccccc3c2C(F)(F)F)n(Cc2ccco2)c1C. The maximum atomic E-state index is 13.8. The number of amides is 1. The van der Waals surface area contributed by atoms with Gasteiger partial charge in [-0.05, 0) is 37.6 Å². The summed E-state index contributed by atoms with van der Waals surface area (Å²) in [4.78, 5) is 29.1. The number of carbonyl (C=O) groups is 2. The van der Waals surface area contributed by atoms with Crippen LogP contribution < -0.4 is 5.32 Å². The summed E-state index contributed by atoms with van der Waals surface area (Å²) in [5.41, 5.74) is -0.396. The number of benzene rings is 1. The normalized spacial score (nSPS) is 11.3. The number of hydrogen-bond donors (Lipinski definition) is 1. The molecule has 0 radical (unpaired) electrons. The summed E-state index contributed by atoms with van der Waals surface area (Å²) in [5.74, 6) is -1.45. The molecule has 0 aliphatic heterocycles. The highest BCUT2D eigenvalue weighted by Crippen LogP contribution is 2.37. The minimum Gasteiger partial charge on any atom is -0.467 e. The van der Waals surface area contributed by atoms with Gasteiger partial charge in [0, 0.05) is 17.3 Å². The molecule has 4 rings (SSSR count). The van der Waals surface area contributed by atoms with Crippen LogP contribution in [-0.2, 0) is 22.3 Å². The van der Waals surface area contributed by atoms with Crippen molar-refractivity contribution in [3.8, 4) is 6.07 Å². The molecule has 8 nitrogen and oxygen atoms in total. The first-order valence-electron chi connectivity index (χ1n) is 10.7. The van der Waals surface area contributed by atoms with Gasteiger partial charge in [-0.1, -0.05) is 18.2 Å². The van der Waals surface area contributed by atoms with E-state index in [2.05, 4.69) is 10.3 Å². The van der Waals surface area contributed by atoms with Crippen molar-refractivity contribution in [2.45, 2.75) is 26.6 Å². The molecule has 0 aliphatic rings. The number of nitriles is 1. The van der Waals surface area contributed by atoms with Crippen molar-refractivity contribution in [1.82, 2.24) is 9.55 Å². The van der Waals surface area contributed by atoms with Crippen molar-refractivity contribution < 1.29 is 31.9 Å². The number of carbonyl (C=O) groups excluding carboxylic acids is 2. The van der Waals surface area contributed by atoms with Gasteiger partial charge in [-0.15, -0.1) is 0 Å². The highest BCUT2D eigenvalue weighted by Gasteiger charge is 2.38. The molecule has 0 bridgehead atoms. The third kappa shape index (κ3) is 4.65. The Morgan fingerprint density at radius 1 is 1.19 bits per heavy atom. The number of para-hydroxylation sites is 1. The Labute approximate surface area is 202 Å². The number of hydrogen-bond acceptors (Lipinski definition) is 6. The Morgan fingerprint density at radius 2 is 1.94 bits per heavy atom. The van der Waals surface area contributed by atoms with Crippen LogP contribution in [0.4, 0.5) is 19.0 Å². The number of pyridine rings is 1. The summed E-state index contributed by atoms with van der Waals surface area (Å²) in [6.07, 6.45) is -2.59. The molecule has 1 amide bonds. The molecule has 0 saturated heterocycles. The average molecular weight is 496 g/mol. The van der Waals surface area contributed by atoms with Crippen molar-refractivity contribution in [2.75, 3.05) is 11.9 Å². The number of fused-ring (bicyclic) bond motifs is 1. The quantitative estimate of drug-likeness (QED) is 0.377. The Bertz CT molecular complexity index is 1500. The Kier molecular flexibility index (Phi) is 6.53. The molecular weight excluding hydrogens is 477 g/mol. The fraction of sp³-hybridized carbons (Fsp3) is 0.200. The van der Waals surface area contributed by atoms with Gasteiger partial charge in [0.2, 0.25) is 0 Å². The fourth-order valence-corrected chi connectivity index (χ4v) is 3.86. The number of nitrogens with zero attached hydrogens (tertiary/aromatic N) is 3. The molecule has 0 aliphatic carbocycles. The Morgan fingerprint density at radius 3 is 2.61 bits per heavy atom. The molecule has 0 spiro atoms. The van der Waals surface area contributed by atoms with Gasteiger partial charge in [0.05, 0.1) is 35.0 Å². The van der Waals surface area contributed by atoms with E-state index in [1.54, 1.807) is 30.5 Å². The lowest BCUT2D eigenvalue weighted by atomic mass is 10.0. The molecule has 0 unspecified atom stereocenters. The van der Waals surface area contributed by atoms with Crippen LogP contribution in [0.1, 0.15) is 38.5 Å². The van der Waals surface area contributed by atoms with Crippen LogP contribution in [0.5, 0.6) is 0 Å². The minimum absolute atomic E-state index is 0.0613. The minimum atomic E-state index is -4.86. The van der Waals surface area contributed by atoms with Crippen LogP contribution >= 0.6 is 0 Å². The van der Waals surface area contributed by atoms with Gasteiger partial charge < -0.3 is 19.0 Å². The Hall–Kier alpha value is -4.59. The van der Waals surface area contributed by atoms with Crippen LogP contribution in [-0.4, -0.2) is 28.0 Å². The number of rotatable bonds is 6. The van der Waals surface area contributed by atoms with E-state index < -0.39 is 35.8 Å². The maximum Gasteiger partial charge on any atom is 0.417 e. The summed E-state index contributed by atoms with van der Waals surface area (Å²) in [7, 11) is 0. The number of nitrogens with one attached hydrogen (secondary N) is 1. The first kappa shape index (κ1) is 24.5. The van der Waals surface area contributed by atoms with Crippen molar-refractivity contribution in [2.24, 2.45) is 0 Å². The number of alkyl halides is 3. The van der Waals surface area contributed by atoms with E-state index in [9.17, 15) is 28.0 Å². The van der Waals surface area contributed by atoms with Crippen LogP contribution in [0.3, 0.4) is 0 Å². The van der Waals surface area contributed by atoms with Crippen molar-refractivity contribution in [3.63, 3.8) is 0 Å². The van der Waals surface area contributed by atoms with Gasteiger partial charge in [0.25, 0.3) is 5.91 Å². The Balaban J connectivity index is 1.56. The van der Waals surface area contributed by atoms with Crippen LogP contribution in [0, 0.1) is 25.2 Å². The molecule has 1 aromatic carbocycles. The zero-order valence-electron chi connectivity index (χ0n) is 19.1. The molecule has 0 atom stereocenters. The second kappa shape index (κ2) is 9.58. The molecule has 4 aromatic rings. The van der Waals surface area contributed by atoms with Gasteiger partial charge >= 0.3 is 12.1 Å². The van der Waals surface area contributed by atoms with Crippen LogP contribution in [0.2, 0.25) is 0 Å². The molecule has 3 aromatic heterocycles. The predicted molar refractivity (Wildman–Crippen MR) is 122 cm³/mol. The molecular formula is C25H19F3N4O4. The fourth-order valence-electron chi connectivity index (χ4n) is 3.86. The lowest BCUT2D eigenvalue weighted by Crippen LogP contribution is -2.24. The average Bonchev–Trinajstić information content (AvgIpc) is 3.44. The monoisotopic (exact) mass is 496 g/mol. The van der Waals surface area contributed by atoms with E-state index in [-0.39, 0.29) is 28.8 Å². The van der Waals surface area contributed by atoms with E-state index in [1.807, 2.05) is 6.07 Å². The lowest BCUT2D eigenvalue weighted by molar-refractivity contribution is -0.136.